The molecular formula is C14H18N4O. The molecule has 0 fully saturated rings. The first-order valence-corrected chi connectivity index (χ1v) is 6.19. The second-order valence-electron chi connectivity index (χ2n) is 4.45. The summed E-state index contributed by atoms with van der Waals surface area (Å²) in [6.07, 6.45) is 2.47. The van der Waals surface area contributed by atoms with E-state index in [4.69, 9.17) is 5.73 Å². The fourth-order valence-corrected chi connectivity index (χ4v) is 1.86. The van der Waals surface area contributed by atoms with Crippen LogP contribution in [0.15, 0.2) is 30.5 Å². The van der Waals surface area contributed by atoms with Gasteiger partial charge in [0.05, 0.1) is 6.20 Å². The average molecular weight is 258 g/mol. The second-order valence-corrected chi connectivity index (χ2v) is 4.45. The molecule has 1 aromatic heterocycles. The van der Waals surface area contributed by atoms with Crippen LogP contribution in [-0.4, -0.2) is 22.7 Å². The molecule has 5 heteroatoms. The van der Waals surface area contributed by atoms with E-state index in [1.54, 1.807) is 19.0 Å². The Balaban J connectivity index is 2.25. The highest BCUT2D eigenvalue weighted by Gasteiger charge is 2.18. The largest absolute Gasteiger partial charge is 0.383 e. The van der Waals surface area contributed by atoms with Crippen molar-refractivity contribution in [2.24, 2.45) is 7.05 Å². The minimum atomic E-state index is -0.158. The number of carbonyl (C=O) groups is 1. The third kappa shape index (κ3) is 2.45. The van der Waals surface area contributed by atoms with Gasteiger partial charge in [-0.05, 0) is 24.1 Å². The highest BCUT2D eigenvalue weighted by atomic mass is 16.2. The van der Waals surface area contributed by atoms with Crippen molar-refractivity contribution in [2.75, 3.05) is 17.7 Å². The van der Waals surface area contributed by atoms with Crippen molar-refractivity contribution < 1.29 is 4.79 Å². The molecular weight excluding hydrogens is 240 g/mol. The summed E-state index contributed by atoms with van der Waals surface area (Å²) in [5, 5.41) is 3.98. The number of carbonyl (C=O) groups excluding carboxylic acids is 1. The summed E-state index contributed by atoms with van der Waals surface area (Å²) in [4.78, 5) is 13.9. The fourth-order valence-electron chi connectivity index (χ4n) is 1.86. The van der Waals surface area contributed by atoms with Crippen LogP contribution < -0.4 is 10.6 Å². The van der Waals surface area contributed by atoms with Crippen molar-refractivity contribution in [1.82, 2.24) is 9.78 Å². The summed E-state index contributed by atoms with van der Waals surface area (Å²) >= 11 is 0. The number of nitrogens with zero attached hydrogens (tertiary/aromatic N) is 3. The zero-order valence-corrected chi connectivity index (χ0v) is 11.4. The summed E-state index contributed by atoms with van der Waals surface area (Å²) in [7, 11) is 3.44. The lowest BCUT2D eigenvalue weighted by molar-refractivity contribution is 0.0994. The average Bonchev–Trinajstić information content (AvgIpc) is 2.77. The van der Waals surface area contributed by atoms with Crippen LogP contribution in [0.5, 0.6) is 0 Å². The minimum absolute atomic E-state index is 0.158. The van der Waals surface area contributed by atoms with Crippen LogP contribution in [0.25, 0.3) is 0 Å². The molecule has 0 bridgehead atoms. The normalized spacial score (nSPS) is 10.5. The highest BCUT2D eigenvalue weighted by Crippen LogP contribution is 2.19. The number of anilines is 2. The van der Waals surface area contributed by atoms with E-state index in [9.17, 15) is 4.79 Å². The van der Waals surface area contributed by atoms with Gasteiger partial charge in [0.25, 0.3) is 5.91 Å². The Labute approximate surface area is 112 Å². The van der Waals surface area contributed by atoms with Gasteiger partial charge in [0.2, 0.25) is 0 Å². The zero-order valence-electron chi connectivity index (χ0n) is 11.4. The van der Waals surface area contributed by atoms with Crippen LogP contribution in [0.2, 0.25) is 0 Å². The van der Waals surface area contributed by atoms with Crippen molar-refractivity contribution in [2.45, 2.75) is 13.3 Å². The summed E-state index contributed by atoms with van der Waals surface area (Å²) < 4.78 is 1.49. The predicted molar refractivity (Wildman–Crippen MR) is 76.2 cm³/mol. The van der Waals surface area contributed by atoms with Gasteiger partial charge in [-0.1, -0.05) is 19.1 Å². The van der Waals surface area contributed by atoms with Crippen LogP contribution in [0.1, 0.15) is 22.8 Å². The lowest BCUT2D eigenvalue weighted by atomic mass is 10.1. The molecule has 19 heavy (non-hydrogen) atoms. The molecule has 1 heterocycles. The Hall–Kier alpha value is -2.30. The third-order valence-corrected chi connectivity index (χ3v) is 3.25. The Bertz CT molecular complexity index is 586. The molecule has 0 aliphatic heterocycles. The molecule has 5 nitrogen and oxygen atoms in total. The Kier molecular flexibility index (Phi) is 3.55. The molecule has 0 atom stereocenters. The number of nitrogens with two attached hydrogens (primary N) is 1. The van der Waals surface area contributed by atoms with Crippen molar-refractivity contribution in [1.29, 1.82) is 0 Å². The van der Waals surface area contributed by atoms with Crippen LogP contribution in [-0.2, 0) is 13.5 Å². The smallest absolute Gasteiger partial charge is 0.263 e. The quantitative estimate of drug-likeness (QED) is 0.913. The van der Waals surface area contributed by atoms with E-state index in [1.165, 1.54) is 16.4 Å². The van der Waals surface area contributed by atoms with E-state index >= 15 is 0 Å². The molecule has 0 saturated heterocycles. The van der Waals surface area contributed by atoms with Crippen LogP contribution in [0, 0.1) is 0 Å². The maximum atomic E-state index is 12.3. The summed E-state index contributed by atoms with van der Waals surface area (Å²) in [5.74, 6) is 0.219. The molecule has 0 aliphatic carbocycles. The number of amides is 1. The Morgan fingerprint density at radius 1 is 1.37 bits per heavy atom. The first kappa shape index (κ1) is 13.1. The van der Waals surface area contributed by atoms with Crippen molar-refractivity contribution >= 4 is 17.4 Å². The molecule has 2 aromatic rings. The molecule has 0 radical (unpaired) electrons. The molecule has 0 spiro atoms. The summed E-state index contributed by atoms with van der Waals surface area (Å²) in [6.45, 7) is 2.10. The Morgan fingerprint density at radius 2 is 2.00 bits per heavy atom. The van der Waals surface area contributed by atoms with E-state index in [0.717, 1.165) is 12.1 Å². The summed E-state index contributed by atoms with van der Waals surface area (Å²) in [5.41, 5.74) is 8.32. The van der Waals surface area contributed by atoms with Crippen molar-refractivity contribution in [3.05, 3.63) is 41.6 Å². The van der Waals surface area contributed by atoms with E-state index < -0.39 is 0 Å². The molecule has 100 valence electrons. The second kappa shape index (κ2) is 5.14. The number of nitrogen functional groups attached to an aromatic ring is 1. The van der Waals surface area contributed by atoms with Gasteiger partial charge in [-0.2, -0.15) is 5.10 Å². The predicted octanol–water partition coefficient (Wildman–Crippen LogP) is 1.84. The van der Waals surface area contributed by atoms with Gasteiger partial charge in [0.15, 0.2) is 0 Å². The van der Waals surface area contributed by atoms with Crippen LogP contribution in [0.3, 0.4) is 0 Å². The van der Waals surface area contributed by atoms with E-state index in [2.05, 4.69) is 12.0 Å². The van der Waals surface area contributed by atoms with Gasteiger partial charge < -0.3 is 10.6 Å². The first-order chi connectivity index (χ1) is 9.04. The van der Waals surface area contributed by atoms with Gasteiger partial charge in [-0.3, -0.25) is 9.48 Å². The third-order valence-electron chi connectivity index (χ3n) is 3.25. The molecule has 1 aromatic carbocycles. The molecule has 2 N–H and O–H groups in total. The SMILES string of the molecule is CCc1ccc(N(C)C(=O)c2cnn(C)c2N)cc1. The minimum Gasteiger partial charge on any atom is -0.383 e. The van der Waals surface area contributed by atoms with E-state index in [-0.39, 0.29) is 5.91 Å². The first-order valence-electron chi connectivity index (χ1n) is 6.19. The maximum absolute atomic E-state index is 12.3. The highest BCUT2D eigenvalue weighted by molar-refractivity contribution is 6.08. The Morgan fingerprint density at radius 3 is 2.47 bits per heavy atom. The number of rotatable bonds is 3. The lowest BCUT2D eigenvalue weighted by Crippen LogP contribution is -2.26. The van der Waals surface area contributed by atoms with Crippen molar-refractivity contribution in [3.63, 3.8) is 0 Å². The molecule has 0 saturated carbocycles. The van der Waals surface area contributed by atoms with Gasteiger partial charge in [0, 0.05) is 19.8 Å². The van der Waals surface area contributed by atoms with Crippen LogP contribution in [0.4, 0.5) is 11.5 Å². The van der Waals surface area contributed by atoms with E-state index in [1.807, 2.05) is 24.3 Å². The standard InChI is InChI=1S/C14H18N4O/c1-4-10-5-7-11(8-6-10)17(2)14(19)12-9-16-18(3)13(12)15/h5-9H,4,15H2,1-3H3. The molecule has 2 rings (SSSR count). The number of aryl methyl sites for hydroxylation is 2. The van der Waals surface area contributed by atoms with Gasteiger partial charge in [-0.25, -0.2) is 0 Å². The molecule has 0 unspecified atom stereocenters. The number of benzene rings is 1. The van der Waals surface area contributed by atoms with Gasteiger partial charge in [0.1, 0.15) is 11.4 Å². The monoisotopic (exact) mass is 258 g/mol. The van der Waals surface area contributed by atoms with Gasteiger partial charge >= 0.3 is 0 Å². The lowest BCUT2D eigenvalue weighted by Gasteiger charge is -2.17. The molecule has 1 amide bonds. The molecule has 0 aliphatic rings. The number of hydrogen-bond donors (Lipinski definition) is 1. The van der Waals surface area contributed by atoms with Gasteiger partial charge in [-0.15, -0.1) is 0 Å². The topological polar surface area (TPSA) is 64.2 Å². The number of hydrogen-bond acceptors (Lipinski definition) is 3. The van der Waals surface area contributed by atoms with Crippen LogP contribution >= 0.6 is 0 Å². The number of aromatic nitrogens is 2. The van der Waals surface area contributed by atoms with Crippen molar-refractivity contribution in [3.8, 4) is 0 Å². The van der Waals surface area contributed by atoms with E-state index in [0.29, 0.717) is 11.4 Å². The fraction of sp³-hybridized carbons (Fsp3) is 0.286. The maximum Gasteiger partial charge on any atom is 0.263 e. The summed E-state index contributed by atoms with van der Waals surface area (Å²) in [6, 6.07) is 7.91. The zero-order chi connectivity index (χ0) is 14.0.